The molecule has 1 aromatic carbocycles. The van der Waals surface area contributed by atoms with Crippen LogP contribution in [0.25, 0.3) is 10.9 Å². The average Bonchev–Trinajstić information content (AvgIpc) is 2.95. The lowest BCUT2D eigenvalue weighted by molar-refractivity contribution is -0.146. The summed E-state index contributed by atoms with van der Waals surface area (Å²) >= 11 is 0. The van der Waals surface area contributed by atoms with Gasteiger partial charge in [0.1, 0.15) is 11.9 Å². The molecule has 0 spiro atoms. The van der Waals surface area contributed by atoms with Crippen molar-refractivity contribution in [2.24, 2.45) is 11.8 Å². The third kappa shape index (κ3) is 3.07. The quantitative estimate of drug-likeness (QED) is 0.813. The summed E-state index contributed by atoms with van der Waals surface area (Å²) in [6.07, 6.45) is 5.61. The van der Waals surface area contributed by atoms with Crippen LogP contribution in [-0.4, -0.2) is 17.6 Å². The van der Waals surface area contributed by atoms with Gasteiger partial charge in [-0.1, -0.05) is 0 Å². The maximum absolute atomic E-state index is 13.7. The molecule has 0 amide bonds. The Hall–Kier alpha value is -2.35. The molecule has 1 aliphatic carbocycles. The van der Waals surface area contributed by atoms with Gasteiger partial charge in [0, 0.05) is 23.6 Å². The summed E-state index contributed by atoms with van der Waals surface area (Å²) in [5.74, 6) is -0.0700. The van der Waals surface area contributed by atoms with E-state index in [0.717, 1.165) is 43.1 Å². The molecule has 5 heteroatoms. The maximum atomic E-state index is 13.7. The van der Waals surface area contributed by atoms with Crippen LogP contribution in [0.15, 0.2) is 24.4 Å². The standard InChI is InChI=1S/C18H19FN2O2/c1-23-18(22)13-4-2-12(3-5-13)11-21-7-6-14-8-16(19)15(10-20)9-17(14)21/h6-9,12-13H,2-5,11H2,1H3. The van der Waals surface area contributed by atoms with Crippen LogP contribution in [0.3, 0.4) is 0 Å². The van der Waals surface area contributed by atoms with Gasteiger partial charge in [0.25, 0.3) is 0 Å². The lowest BCUT2D eigenvalue weighted by Crippen LogP contribution is -2.24. The molecule has 0 atom stereocenters. The highest BCUT2D eigenvalue weighted by Crippen LogP contribution is 2.31. The summed E-state index contributed by atoms with van der Waals surface area (Å²) in [5, 5.41) is 9.80. The van der Waals surface area contributed by atoms with Gasteiger partial charge in [-0.3, -0.25) is 4.79 Å². The molecule has 23 heavy (non-hydrogen) atoms. The van der Waals surface area contributed by atoms with Crippen molar-refractivity contribution in [2.45, 2.75) is 32.2 Å². The Morgan fingerprint density at radius 3 is 2.78 bits per heavy atom. The van der Waals surface area contributed by atoms with E-state index in [-0.39, 0.29) is 17.5 Å². The lowest BCUT2D eigenvalue weighted by Gasteiger charge is -2.27. The second-order valence-electron chi connectivity index (χ2n) is 6.21. The number of methoxy groups -OCH3 is 1. The van der Waals surface area contributed by atoms with Gasteiger partial charge in [-0.15, -0.1) is 0 Å². The van der Waals surface area contributed by atoms with Crippen LogP contribution in [0.5, 0.6) is 0 Å². The fourth-order valence-electron chi connectivity index (χ4n) is 3.48. The Bertz CT molecular complexity index is 767. The Morgan fingerprint density at radius 2 is 2.13 bits per heavy atom. The van der Waals surface area contributed by atoms with Crippen LogP contribution in [0.4, 0.5) is 4.39 Å². The summed E-state index contributed by atoms with van der Waals surface area (Å²) < 4.78 is 20.6. The van der Waals surface area contributed by atoms with E-state index in [1.165, 1.54) is 13.2 Å². The van der Waals surface area contributed by atoms with Gasteiger partial charge >= 0.3 is 5.97 Å². The predicted molar refractivity (Wildman–Crippen MR) is 84.1 cm³/mol. The monoisotopic (exact) mass is 314 g/mol. The van der Waals surface area contributed by atoms with Gasteiger partial charge < -0.3 is 9.30 Å². The normalized spacial score (nSPS) is 21.1. The largest absolute Gasteiger partial charge is 0.469 e. The summed E-state index contributed by atoms with van der Waals surface area (Å²) in [4.78, 5) is 11.6. The molecule has 0 bridgehead atoms. The number of nitriles is 1. The van der Waals surface area contributed by atoms with Gasteiger partial charge in [-0.05, 0) is 49.8 Å². The second-order valence-corrected chi connectivity index (χ2v) is 6.21. The van der Waals surface area contributed by atoms with Gasteiger partial charge in [0.15, 0.2) is 0 Å². The first-order chi connectivity index (χ1) is 11.1. The summed E-state index contributed by atoms with van der Waals surface area (Å²) in [6, 6.07) is 6.80. The van der Waals surface area contributed by atoms with E-state index in [9.17, 15) is 9.18 Å². The maximum Gasteiger partial charge on any atom is 0.308 e. The van der Waals surface area contributed by atoms with Gasteiger partial charge in [-0.25, -0.2) is 4.39 Å². The highest BCUT2D eigenvalue weighted by molar-refractivity contribution is 5.81. The number of benzene rings is 1. The number of ether oxygens (including phenoxy) is 1. The molecule has 0 unspecified atom stereocenters. The lowest BCUT2D eigenvalue weighted by atomic mass is 9.82. The number of fused-ring (bicyclic) bond motifs is 1. The van der Waals surface area contributed by atoms with Crippen molar-refractivity contribution in [3.05, 3.63) is 35.8 Å². The van der Waals surface area contributed by atoms with E-state index in [0.29, 0.717) is 5.92 Å². The van der Waals surface area contributed by atoms with Crippen molar-refractivity contribution in [3.8, 4) is 6.07 Å². The van der Waals surface area contributed by atoms with Gasteiger partial charge in [-0.2, -0.15) is 5.26 Å². The van der Waals surface area contributed by atoms with Crippen LogP contribution >= 0.6 is 0 Å². The number of carbonyl (C=O) groups excluding carboxylic acids is 1. The number of hydrogen-bond acceptors (Lipinski definition) is 3. The highest BCUT2D eigenvalue weighted by Gasteiger charge is 2.27. The first-order valence-electron chi connectivity index (χ1n) is 7.88. The minimum atomic E-state index is -0.476. The number of carbonyl (C=O) groups is 1. The number of esters is 1. The molecular formula is C18H19FN2O2. The van der Waals surface area contributed by atoms with E-state index in [1.807, 2.05) is 18.3 Å². The van der Waals surface area contributed by atoms with E-state index in [2.05, 4.69) is 4.57 Å². The SMILES string of the molecule is COC(=O)C1CCC(Cn2ccc3cc(F)c(C#N)cc32)CC1. The first kappa shape index (κ1) is 15.5. The van der Waals surface area contributed by atoms with Crippen molar-refractivity contribution in [1.29, 1.82) is 5.26 Å². The molecule has 1 fully saturated rings. The van der Waals surface area contributed by atoms with E-state index >= 15 is 0 Å². The molecule has 2 aromatic rings. The van der Waals surface area contributed by atoms with Crippen LogP contribution in [0.1, 0.15) is 31.2 Å². The number of nitrogens with zero attached hydrogens (tertiary/aromatic N) is 2. The van der Waals surface area contributed by atoms with Crippen LogP contribution in [0, 0.1) is 29.0 Å². The number of halogens is 1. The number of aromatic nitrogens is 1. The van der Waals surface area contributed by atoms with Gasteiger partial charge in [0.05, 0.1) is 18.6 Å². The second kappa shape index (κ2) is 6.41. The van der Waals surface area contributed by atoms with Crippen LogP contribution in [-0.2, 0) is 16.1 Å². The van der Waals surface area contributed by atoms with E-state index in [1.54, 1.807) is 6.07 Å². The van der Waals surface area contributed by atoms with Crippen molar-refractivity contribution < 1.29 is 13.9 Å². The van der Waals surface area contributed by atoms with Crippen molar-refractivity contribution >= 4 is 16.9 Å². The average molecular weight is 314 g/mol. The third-order valence-corrected chi connectivity index (χ3v) is 4.82. The molecule has 0 radical (unpaired) electrons. The van der Waals surface area contributed by atoms with Crippen LogP contribution in [0.2, 0.25) is 0 Å². The molecule has 1 heterocycles. The zero-order valence-electron chi connectivity index (χ0n) is 13.1. The minimum absolute atomic E-state index is 0.0249. The smallest absolute Gasteiger partial charge is 0.308 e. The van der Waals surface area contributed by atoms with E-state index < -0.39 is 5.82 Å². The molecule has 3 rings (SSSR count). The molecule has 0 N–H and O–H groups in total. The van der Waals surface area contributed by atoms with Gasteiger partial charge in [0.2, 0.25) is 0 Å². The van der Waals surface area contributed by atoms with E-state index in [4.69, 9.17) is 10.00 Å². The molecule has 0 saturated heterocycles. The third-order valence-electron chi connectivity index (χ3n) is 4.82. The minimum Gasteiger partial charge on any atom is -0.469 e. The van der Waals surface area contributed by atoms with Crippen molar-refractivity contribution in [3.63, 3.8) is 0 Å². The molecule has 120 valence electrons. The topological polar surface area (TPSA) is 55.0 Å². The van der Waals surface area contributed by atoms with Crippen molar-refractivity contribution in [2.75, 3.05) is 7.11 Å². The molecule has 4 nitrogen and oxygen atoms in total. The summed E-state index contributed by atoms with van der Waals surface area (Å²) in [5.41, 5.74) is 0.963. The summed E-state index contributed by atoms with van der Waals surface area (Å²) in [6.45, 7) is 0.827. The zero-order chi connectivity index (χ0) is 16.4. The zero-order valence-corrected chi connectivity index (χ0v) is 13.1. The Balaban J connectivity index is 1.73. The predicted octanol–water partition coefficient (Wildman–Crippen LogP) is 3.63. The fourth-order valence-corrected chi connectivity index (χ4v) is 3.48. The Morgan fingerprint density at radius 1 is 1.39 bits per heavy atom. The number of hydrogen-bond donors (Lipinski definition) is 0. The molecule has 1 aliphatic rings. The van der Waals surface area contributed by atoms with Crippen molar-refractivity contribution in [1.82, 2.24) is 4.57 Å². The molecule has 0 aliphatic heterocycles. The molecule has 1 aromatic heterocycles. The highest BCUT2D eigenvalue weighted by atomic mass is 19.1. The molecular weight excluding hydrogens is 295 g/mol. The Labute approximate surface area is 134 Å². The van der Waals surface area contributed by atoms with Crippen LogP contribution < -0.4 is 0 Å². The summed E-state index contributed by atoms with van der Waals surface area (Å²) in [7, 11) is 1.44. The Kier molecular flexibility index (Phi) is 4.33. The first-order valence-corrected chi connectivity index (χ1v) is 7.88. The number of rotatable bonds is 3. The fraction of sp³-hybridized carbons (Fsp3) is 0.444. The molecule has 1 saturated carbocycles.